The number of hydrogen-bond acceptors (Lipinski definition) is 5. The standard InChI is InChI=1S/C36H40ClN3O5S/c1-4-5-22-38-36(42)33(23-28-12-8-6-9-13-28)39(25-29-14-10-7-11-15-29)35(41)26-40(32-24-30(37)18-21-34(32)45-3)46(43,44)31-19-16-27(2)17-20-31/h6-21,24,33H,4-5,22-23,25-26H2,1-3H3,(H,38,42)/t33-/m0/s1. The van der Waals surface area contributed by atoms with Crippen molar-refractivity contribution in [2.45, 2.75) is 50.6 Å². The topological polar surface area (TPSA) is 96.0 Å². The van der Waals surface area contributed by atoms with Crippen molar-refractivity contribution < 1.29 is 22.7 Å². The molecule has 0 unspecified atom stereocenters. The zero-order valence-corrected chi connectivity index (χ0v) is 27.9. The van der Waals surface area contributed by atoms with E-state index in [-0.39, 0.29) is 40.2 Å². The summed E-state index contributed by atoms with van der Waals surface area (Å²) in [7, 11) is -2.88. The van der Waals surface area contributed by atoms with E-state index in [1.807, 2.05) is 74.5 Å². The van der Waals surface area contributed by atoms with E-state index in [4.69, 9.17) is 16.3 Å². The van der Waals surface area contributed by atoms with Gasteiger partial charge in [0.2, 0.25) is 11.8 Å². The Morgan fingerprint density at radius 3 is 2.13 bits per heavy atom. The lowest BCUT2D eigenvalue weighted by Gasteiger charge is -2.34. The molecule has 0 aliphatic carbocycles. The Morgan fingerprint density at radius 2 is 1.52 bits per heavy atom. The van der Waals surface area contributed by atoms with E-state index in [1.165, 1.54) is 30.2 Å². The summed E-state index contributed by atoms with van der Waals surface area (Å²) in [4.78, 5) is 29.9. The van der Waals surface area contributed by atoms with Gasteiger partial charge in [0.25, 0.3) is 10.0 Å². The van der Waals surface area contributed by atoms with Crippen molar-refractivity contribution in [3.63, 3.8) is 0 Å². The van der Waals surface area contributed by atoms with E-state index in [1.54, 1.807) is 24.3 Å². The Labute approximate surface area is 277 Å². The van der Waals surface area contributed by atoms with Gasteiger partial charge in [-0.1, -0.05) is 103 Å². The SMILES string of the molecule is CCCCNC(=O)[C@H](Cc1ccccc1)N(Cc1ccccc1)C(=O)CN(c1cc(Cl)ccc1OC)S(=O)(=O)c1ccc(C)cc1. The fraction of sp³-hybridized carbons (Fsp3) is 0.278. The minimum atomic E-state index is -4.30. The highest BCUT2D eigenvalue weighted by Crippen LogP contribution is 2.35. The van der Waals surface area contributed by atoms with Crippen molar-refractivity contribution in [2.75, 3.05) is 24.5 Å². The fourth-order valence-electron chi connectivity index (χ4n) is 5.05. The van der Waals surface area contributed by atoms with Gasteiger partial charge in [-0.15, -0.1) is 0 Å². The van der Waals surface area contributed by atoms with Crippen LogP contribution in [0.1, 0.15) is 36.5 Å². The minimum absolute atomic E-state index is 0.000632. The van der Waals surface area contributed by atoms with Crippen molar-refractivity contribution in [2.24, 2.45) is 0 Å². The zero-order chi connectivity index (χ0) is 33.1. The molecule has 0 heterocycles. The van der Waals surface area contributed by atoms with Gasteiger partial charge in [-0.25, -0.2) is 8.42 Å². The number of amides is 2. The highest BCUT2D eigenvalue weighted by molar-refractivity contribution is 7.92. The molecule has 0 aromatic heterocycles. The summed E-state index contributed by atoms with van der Waals surface area (Å²) in [6.45, 7) is 3.84. The summed E-state index contributed by atoms with van der Waals surface area (Å²) in [5.41, 5.74) is 2.65. The molecule has 4 aromatic rings. The molecule has 10 heteroatoms. The summed E-state index contributed by atoms with van der Waals surface area (Å²) < 4.78 is 35.1. The van der Waals surface area contributed by atoms with Gasteiger partial charge in [-0.05, 0) is 54.8 Å². The molecule has 2 amide bonds. The Morgan fingerprint density at radius 1 is 0.891 bits per heavy atom. The van der Waals surface area contributed by atoms with Crippen LogP contribution < -0.4 is 14.4 Å². The monoisotopic (exact) mass is 661 g/mol. The number of methoxy groups -OCH3 is 1. The average Bonchev–Trinajstić information content (AvgIpc) is 3.06. The lowest BCUT2D eigenvalue weighted by Crippen LogP contribution is -2.53. The van der Waals surface area contributed by atoms with Gasteiger partial charge in [0.05, 0.1) is 17.7 Å². The van der Waals surface area contributed by atoms with E-state index in [0.717, 1.165) is 33.8 Å². The van der Waals surface area contributed by atoms with E-state index < -0.39 is 28.5 Å². The third-order valence-electron chi connectivity index (χ3n) is 7.59. The van der Waals surface area contributed by atoms with Crippen LogP contribution in [0.4, 0.5) is 5.69 Å². The van der Waals surface area contributed by atoms with Gasteiger partial charge >= 0.3 is 0 Å². The molecule has 0 fully saturated rings. The van der Waals surface area contributed by atoms with Gasteiger partial charge in [-0.3, -0.25) is 13.9 Å². The Balaban J connectivity index is 1.82. The minimum Gasteiger partial charge on any atom is -0.495 e. The van der Waals surface area contributed by atoms with Crippen molar-refractivity contribution >= 4 is 39.1 Å². The van der Waals surface area contributed by atoms with Crippen LogP contribution in [0.15, 0.2) is 108 Å². The number of carbonyl (C=O) groups excluding carboxylic acids is 2. The number of halogens is 1. The van der Waals surface area contributed by atoms with Crippen LogP contribution in [0.25, 0.3) is 0 Å². The Hall–Kier alpha value is -4.34. The lowest BCUT2D eigenvalue weighted by molar-refractivity contribution is -0.140. The van der Waals surface area contributed by atoms with Gasteiger partial charge in [0, 0.05) is 24.5 Å². The summed E-state index contributed by atoms with van der Waals surface area (Å²) in [5.74, 6) is -0.649. The molecule has 4 rings (SSSR count). The maximum atomic E-state index is 14.6. The van der Waals surface area contributed by atoms with Crippen LogP contribution in [-0.4, -0.2) is 51.4 Å². The predicted octanol–water partition coefficient (Wildman–Crippen LogP) is 6.41. The van der Waals surface area contributed by atoms with E-state index >= 15 is 0 Å². The molecule has 0 bridgehead atoms. The van der Waals surface area contributed by atoms with Crippen molar-refractivity contribution in [3.8, 4) is 5.75 Å². The van der Waals surface area contributed by atoms with Crippen LogP contribution in [0, 0.1) is 6.92 Å². The molecule has 1 atom stereocenters. The molecule has 4 aromatic carbocycles. The number of nitrogens with zero attached hydrogens (tertiary/aromatic N) is 2. The molecule has 0 saturated carbocycles. The zero-order valence-electron chi connectivity index (χ0n) is 26.4. The van der Waals surface area contributed by atoms with Crippen LogP contribution >= 0.6 is 11.6 Å². The maximum Gasteiger partial charge on any atom is 0.264 e. The molecule has 0 aliphatic rings. The number of anilines is 1. The fourth-order valence-corrected chi connectivity index (χ4v) is 6.63. The molecule has 1 N–H and O–H groups in total. The Bertz CT molecular complexity index is 1700. The molecule has 242 valence electrons. The van der Waals surface area contributed by atoms with E-state index in [2.05, 4.69) is 5.32 Å². The first-order valence-corrected chi connectivity index (χ1v) is 17.0. The molecule has 0 saturated heterocycles. The van der Waals surface area contributed by atoms with E-state index in [0.29, 0.717) is 6.54 Å². The number of rotatable bonds is 15. The van der Waals surface area contributed by atoms with Crippen LogP contribution in [0.3, 0.4) is 0 Å². The molecule has 0 spiro atoms. The molecule has 0 radical (unpaired) electrons. The number of carbonyl (C=O) groups is 2. The second-order valence-corrected chi connectivity index (χ2v) is 13.3. The van der Waals surface area contributed by atoms with Crippen LogP contribution in [0.2, 0.25) is 5.02 Å². The maximum absolute atomic E-state index is 14.6. The summed E-state index contributed by atoms with van der Waals surface area (Å²) in [5, 5.41) is 3.26. The highest BCUT2D eigenvalue weighted by atomic mass is 35.5. The van der Waals surface area contributed by atoms with Crippen molar-refractivity contribution in [1.29, 1.82) is 0 Å². The normalized spacial score (nSPS) is 11.8. The number of aryl methyl sites for hydroxylation is 1. The first-order chi connectivity index (χ1) is 22.1. The number of nitrogens with one attached hydrogen (secondary N) is 1. The highest BCUT2D eigenvalue weighted by Gasteiger charge is 2.35. The second-order valence-electron chi connectivity index (χ2n) is 11.0. The predicted molar refractivity (Wildman–Crippen MR) is 183 cm³/mol. The summed E-state index contributed by atoms with van der Waals surface area (Å²) >= 11 is 6.36. The molecule has 8 nitrogen and oxygen atoms in total. The molecule has 46 heavy (non-hydrogen) atoms. The third kappa shape index (κ3) is 8.89. The number of ether oxygens (including phenoxy) is 1. The largest absolute Gasteiger partial charge is 0.495 e. The molecule has 0 aliphatic heterocycles. The first kappa shape index (κ1) is 34.5. The Kier molecular flexibility index (Phi) is 12.2. The van der Waals surface area contributed by atoms with Crippen molar-refractivity contribution in [3.05, 3.63) is 125 Å². The number of unbranched alkanes of at least 4 members (excludes halogenated alkanes) is 1. The second kappa shape index (κ2) is 16.3. The van der Waals surface area contributed by atoms with E-state index in [9.17, 15) is 18.0 Å². The number of sulfonamides is 1. The molecular formula is C36H40ClN3O5S. The first-order valence-electron chi connectivity index (χ1n) is 15.2. The number of hydrogen-bond donors (Lipinski definition) is 1. The van der Waals surface area contributed by atoms with Gasteiger partial charge in [-0.2, -0.15) is 0 Å². The molecular weight excluding hydrogens is 622 g/mol. The summed E-state index contributed by atoms with van der Waals surface area (Å²) in [6, 6.07) is 28.9. The van der Waals surface area contributed by atoms with Crippen LogP contribution in [0.5, 0.6) is 5.75 Å². The summed E-state index contributed by atoms with van der Waals surface area (Å²) in [6.07, 6.45) is 1.92. The van der Waals surface area contributed by atoms with Crippen LogP contribution in [-0.2, 0) is 32.6 Å². The lowest BCUT2D eigenvalue weighted by atomic mass is 10.0. The quantitative estimate of drug-likeness (QED) is 0.149. The third-order valence-corrected chi connectivity index (χ3v) is 9.60. The van der Waals surface area contributed by atoms with Crippen molar-refractivity contribution in [1.82, 2.24) is 10.2 Å². The van der Waals surface area contributed by atoms with Gasteiger partial charge in [0.1, 0.15) is 18.3 Å². The average molecular weight is 662 g/mol. The van der Waals surface area contributed by atoms with Gasteiger partial charge < -0.3 is 15.0 Å². The number of benzene rings is 4. The smallest absolute Gasteiger partial charge is 0.264 e. The van der Waals surface area contributed by atoms with Gasteiger partial charge in [0.15, 0.2) is 0 Å².